The van der Waals surface area contributed by atoms with Crippen molar-refractivity contribution < 1.29 is 28.6 Å². The molecule has 0 fully saturated rings. The van der Waals surface area contributed by atoms with Gasteiger partial charge in [0.05, 0.1) is 0 Å². The lowest BCUT2D eigenvalue weighted by Crippen LogP contribution is -2.30. The van der Waals surface area contributed by atoms with E-state index in [0.717, 1.165) is 89.9 Å². The first kappa shape index (κ1) is 72.4. The van der Waals surface area contributed by atoms with Gasteiger partial charge < -0.3 is 14.2 Å². The molecule has 0 aliphatic rings. The summed E-state index contributed by atoms with van der Waals surface area (Å²) in [7, 11) is 0. The monoisotopic (exact) mass is 1050 g/mol. The number of hydrogen-bond donors (Lipinski definition) is 0. The zero-order valence-corrected chi connectivity index (χ0v) is 50.3. The molecule has 0 bridgehead atoms. The molecule has 0 aromatic heterocycles. The van der Waals surface area contributed by atoms with E-state index >= 15 is 0 Å². The molecule has 0 radical (unpaired) electrons. The standard InChI is InChI=1S/C69H126O6/c1-4-7-10-13-16-19-22-25-26-27-28-29-30-31-32-33-34-35-36-37-38-39-40-41-42-43-45-47-50-53-56-59-62-68(71)74-65-66(64-73-67(70)61-58-55-52-49-46-24-21-18-15-12-9-6-3)75-69(72)63-60-57-54-51-48-44-23-20-17-14-11-8-5-2/h8,11,17-18,20-21,44,48,66H,4-7,9-10,12-16,19,22-43,45-47,49-65H2,1-3H3/b11-8-,20-17-,21-18-,48-44-. The molecule has 0 rings (SSSR count). The molecule has 0 aromatic rings. The molecule has 0 N–H and O–H groups in total. The molecule has 0 saturated heterocycles. The maximum absolute atomic E-state index is 12.8. The number of carbonyl (C=O) groups excluding carboxylic acids is 3. The highest BCUT2D eigenvalue weighted by molar-refractivity contribution is 5.71. The first-order valence-electron chi connectivity index (χ1n) is 33.1. The first-order chi connectivity index (χ1) is 37.0. The van der Waals surface area contributed by atoms with Gasteiger partial charge in [0.1, 0.15) is 13.2 Å². The van der Waals surface area contributed by atoms with Crippen LogP contribution in [0.4, 0.5) is 0 Å². The van der Waals surface area contributed by atoms with Gasteiger partial charge in [-0.3, -0.25) is 14.4 Å². The third-order valence-electron chi connectivity index (χ3n) is 14.8. The summed E-state index contributed by atoms with van der Waals surface area (Å²) in [4.78, 5) is 38.2. The molecular weight excluding hydrogens is 925 g/mol. The minimum Gasteiger partial charge on any atom is -0.462 e. The molecule has 0 aliphatic carbocycles. The Morgan fingerprint density at radius 2 is 0.520 bits per heavy atom. The van der Waals surface area contributed by atoms with E-state index in [2.05, 4.69) is 69.4 Å². The Labute approximate surface area is 467 Å². The molecule has 1 atom stereocenters. The lowest BCUT2D eigenvalue weighted by Gasteiger charge is -2.18. The molecule has 1 unspecified atom stereocenters. The summed E-state index contributed by atoms with van der Waals surface area (Å²) in [6, 6.07) is 0. The fourth-order valence-electron chi connectivity index (χ4n) is 9.87. The van der Waals surface area contributed by atoms with E-state index in [0.29, 0.717) is 19.3 Å². The SMILES string of the molecule is CC/C=C\C/C=C\C/C=C\CCCCCC(=O)OC(COC(=O)CCCCCCC/C=C\CCCCC)COC(=O)CCCCCCCCCCCCCCCCCCCCCCCCCCCCCCCCCC. The van der Waals surface area contributed by atoms with E-state index in [1.54, 1.807) is 0 Å². The van der Waals surface area contributed by atoms with Crippen LogP contribution in [0.5, 0.6) is 0 Å². The van der Waals surface area contributed by atoms with E-state index in [9.17, 15) is 14.4 Å². The lowest BCUT2D eigenvalue weighted by atomic mass is 10.0. The molecule has 0 heterocycles. The Balaban J connectivity index is 4.06. The van der Waals surface area contributed by atoms with E-state index in [4.69, 9.17) is 14.2 Å². The van der Waals surface area contributed by atoms with Gasteiger partial charge in [0.2, 0.25) is 0 Å². The second-order valence-corrected chi connectivity index (χ2v) is 22.4. The van der Waals surface area contributed by atoms with Crippen LogP contribution in [-0.4, -0.2) is 37.2 Å². The molecule has 0 aliphatic heterocycles. The number of carbonyl (C=O) groups is 3. The predicted molar refractivity (Wildman–Crippen MR) is 325 cm³/mol. The van der Waals surface area contributed by atoms with Crippen molar-refractivity contribution in [1.82, 2.24) is 0 Å². The van der Waals surface area contributed by atoms with E-state index in [-0.39, 0.29) is 31.1 Å². The van der Waals surface area contributed by atoms with Crippen LogP contribution >= 0.6 is 0 Å². The molecule has 0 amide bonds. The molecule has 438 valence electrons. The van der Waals surface area contributed by atoms with Crippen LogP contribution in [-0.2, 0) is 28.6 Å². The largest absolute Gasteiger partial charge is 0.462 e. The summed E-state index contributed by atoms with van der Waals surface area (Å²) in [6.07, 6.45) is 80.2. The van der Waals surface area contributed by atoms with Gasteiger partial charge in [0.15, 0.2) is 6.10 Å². The van der Waals surface area contributed by atoms with E-state index in [1.165, 1.54) is 225 Å². The molecule has 0 spiro atoms. The van der Waals surface area contributed by atoms with Crippen molar-refractivity contribution in [1.29, 1.82) is 0 Å². The number of ether oxygens (including phenoxy) is 3. The average Bonchev–Trinajstić information content (AvgIpc) is 3.41. The van der Waals surface area contributed by atoms with Crippen LogP contribution in [0.15, 0.2) is 48.6 Å². The predicted octanol–water partition coefficient (Wildman–Crippen LogP) is 22.6. The van der Waals surface area contributed by atoms with Gasteiger partial charge in [0, 0.05) is 19.3 Å². The van der Waals surface area contributed by atoms with Crippen molar-refractivity contribution in [2.24, 2.45) is 0 Å². The van der Waals surface area contributed by atoms with Gasteiger partial charge in [-0.15, -0.1) is 0 Å². The summed E-state index contributed by atoms with van der Waals surface area (Å²) >= 11 is 0. The topological polar surface area (TPSA) is 78.9 Å². The maximum Gasteiger partial charge on any atom is 0.306 e. The Kier molecular flexibility index (Phi) is 61.7. The Hall–Kier alpha value is -2.63. The van der Waals surface area contributed by atoms with Crippen LogP contribution < -0.4 is 0 Å². The average molecular weight is 1050 g/mol. The van der Waals surface area contributed by atoms with Gasteiger partial charge in [-0.2, -0.15) is 0 Å². The van der Waals surface area contributed by atoms with Gasteiger partial charge in [-0.05, 0) is 77.0 Å². The number of rotatable bonds is 61. The molecular formula is C69H126O6. The minimum absolute atomic E-state index is 0.0847. The van der Waals surface area contributed by atoms with Gasteiger partial charge >= 0.3 is 17.9 Å². The summed E-state index contributed by atoms with van der Waals surface area (Å²) in [6.45, 7) is 6.51. The highest BCUT2D eigenvalue weighted by atomic mass is 16.6. The van der Waals surface area contributed by atoms with Crippen LogP contribution in [0, 0.1) is 0 Å². The zero-order valence-electron chi connectivity index (χ0n) is 50.3. The fraction of sp³-hybridized carbons (Fsp3) is 0.841. The third kappa shape index (κ3) is 62.1. The summed E-state index contributed by atoms with van der Waals surface area (Å²) < 4.78 is 16.9. The quantitative estimate of drug-likeness (QED) is 0.0261. The molecule has 0 saturated carbocycles. The summed E-state index contributed by atoms with van der Waals surface area (Å²) in [5, 5.41) is 0. The zero-order chi connectivity index (χ0) is 54.3. The van der Waals surface area contributed by atoms with Crippen LogP contribution in [0.1, 0.15) is 355 Å². The van der Waals surface area contributed by atoms with Gasteiger partial charge in [-0.1, -0.05) is 307 Å². The van der Waals surface area contributed by atoms with Crippen molar-refractivity contribution in [3.05, 3.63) is 48.6 Å². The van der Waals surface area contributed by atoms with E-state index < -0.39 is 6.10 Å². The first-order valence-corrected chi connectivity index (χ1v) is 33.1. The van der Waals surface area contributed by atoms with Gasteiger partial charge in [-0.25, -0.2) is 0 Å². The smallest absolute Gasteiger partial charge is 0.306 e. The molecule has 75 heavy (non-hydrogen) atoms. The van der Waals surface area contributed by atoms with Crippen molar-refractivity contribution in [2.45, 2.75) is 361 Å². The van der Waals surface area contributed by atoms with E-state index in [1.807, 2.05) is 0 Å². The normalized spacial score (nSPS) is 12.3. The van der Waals surface area contributed by atoms with Crippen molar-refractivity contribution in [3.63, 3.8) is 0 Å². The number of unbranched alkanes of at least 4 members (excludes halogenated alkanes) is 42. The second kappa shape index (κ2) is 63.9. The highest BCUT2D eigenvalue weighted by Crippen LogP contribution is 2.18. The Bertz CT molecular complexity index is 1300. The number of esters is 3. The maximum atomic E-state index is 12.8. The van der Waals surface area contributed by atoms with Crippen molar-refractivity contribution >= 4 is 17.9 Å². The van der Waals surface area contributed by atoms with Gasteiger partial charge in [0.25, 0.3) is 0 Å². The van der Waals surface area contributed by atoms with Crippen LogP contribution in [0.2, 0.25) is 0 Å². The van der Waals surface area contributed by atoms with Crippen LogP contribution in [0.3, 0.4) is 0 Å². The van der Waals surface area contributed by atoms with Crippen LogP contribution in [0.25, 0.3) is 0 Å². The second-order valence-electron chi connectivity index (χ2n) is 22.4. The molecule has 0 aromatic carbocycles. The Morgan fingerprint density at radius 1 is 0.280 bits per heavy atom. The summed E-state index contributed by atoms with van der Waals surface area (Å²) in [5.74, 6) is -0.908. The fourth-order valence-corrected chi connectivity index (χ4v) is 9.87. The molecule has 6 heteroatoms. The minimum atomic E-state index is -0.790. The Morgan fingerprint density at radius 3 is 0.867 bits per heavy atom. The lowest BCUT2D eigenvalue weighted by molar-refractivity contribution is -0.167. The highest BCUT2D eigenvalue weighted by Gasteiger charge is 2.19. The van der Waals surface area contributed by atoms with Crippen molar-refractivity contribution in [2.75, 3.05) is 13.2 Å². The third-order valence-corrected chi connectivity index (χ3v) is 14.8. The molecule has 6 nitrogen and oxygen atoms in total. The number of hydrogen-bond acceptors (Lipinski definition) is 6. The van der Waals surface area contributed by atoms with Crippen molar-refractivity contribution in [3.8, 4) is 0 Å². The number of allylic oxidation sites excluding steroid dienone is 8. The summed E-state index contributed by atoms with van der Waals surface area (Å²) in [5.41, 5.74) is 0.